The molecule has 3 heterocycles. The van der Waals surface area contributed by atoms with Crippen molar-refractivity contribution in [3.05, 3.63) is 79.7 Å². The van der Waals surface area contributed by atoms with Gasteiger partial charge < -0.3 is 14.7 Å². The van der Waals surface area contributed by atoms with Crippen molar-refractivity contribution in [2.75, 3.05) is 6.61 Å². The van der Waals surface area contributed by atoms with Crippen LogP contribution in [0.15, 0.2) is 58.8 Å². The van der Waals surface area contributed by atoms with Crippen LogP contribution in [0.25, 0.3) is 5.76 Å². The minimum absolute atomic E-state index is 0.138. The van der Waals surface area contributed by atoms with Gasteiger partial charge in [0.25, 0.3) is 11.7 Å². The molecule has 2 aromatic heterocycles. The number of likely N-dealkylation sites (tertiary alicyclic amines) is 1. The summed E-state index contributed by atoms with van der Waals surface area (Å²) < 4.78 is 5.75. The van der Waals surface area contributed by atoms with Crippen LogP contribution in [0.3, 0.4) is 0 Å². The molecule has 1 N–H and O–H groups in total. The quantitative estimate of drug-likeness (QED) is 0.168. The molecule has 1 aliphatic rings. The number of hydrogen-bond donors (Lipinski definition) is 1. The Bertz CT molecular complexity index is 1150. The van der Waals surface area contributed by atoms with Crippen molar-refractivity contribution in [3.8, 4) is 5.75 Å². The van der Waals surface area contributed by atoms with E-state index < -0.39 is 17.7 Å². The number of unbranched alkanes of at least 4 members (excludes halogenated alkanes) is 2. The van der Waals surface area contributed by atoms with Gasteiger partial charge in [-0.3, -0.25) is 9.59 Å². The number of aryl methyl sites for hydroxylation is 1. The molecule has 33 heavy (non-hydrogen) atoms. The Morgan fingerprint density at radius 1 is 1.06 bits per heavy atom. The molecule has 1 fully saturated rings. The van der Waals surface area contributed by atoms with Crippen LogP contribution in [-0.4, -0.2) is 28.3 Å². The van der Waals surface area contributed by atoms with E-state index in [1.807, 2.05) is 35.9 Å². The van der Waals surface area contributed by atoms with Gasteiger partial charge in [0.05, 0.1) is 18.7 Å². The monoisotopic (exact) mass is 481 g/mol. The van der Waals surface area contributed by atoms with E-state index in [-0.39, 0.29) is 11.3 Å². The molecule has 5 nitrogen and oxygen atoms in total. The maximum atomic E-state index is 13.1. The predicted octanol–water partition coefficient (Wildman–Crippen LogP) is 6.31. The molecule has 0 aliphatic carbocycles. The van der Waals surface area contributed by atoms with Crippen LogP contribution in [0.2, 0.25) is 0 Å². The van der Waals surface area contributed by atoms with Crippen molar-refractivity contribution in [1.82, 2.24) is 4.90 Å². The molecule has 7 heteroatoms. The predicted molar refractivity (Wildman–Crippen MR) is 133 cm³/mol. The molecule has 3 aromatic rings. The van der Waals surface area contributed by atoms with E-state index in [9.17, 15) is 14.7 Å². The number of Topliss-reactive ketones (excluding diaryl/α,β-unsaturated/α-hetero) is 1. The van der Waals surface area contributed by atoms with Crippen molar-refractivity contribution in [1.29, 1.82) is 0 Å². The van der Waals surface area contributed by atoms with E-state index in [1.54, 1.807) is 29.2 Å². The van der Waals surface area contributed by atoms with Gasteiger partial charge >= 0.3 is 0 Å². The van der Waals surface area contributed by atoms with Crippen LogP contribution in [0.5, 0.6) is 5.75 Å². The van der Waals surface area contributed by atoms with Crippen LogP contribution in [0.1, 0.15) is 53.1 Å². The maximum Gasteiger partial charge on any atom is 0.296 e. The summed E-state index contributed by atoms with van der Waals surface area (Å²) in [7, 11) is 0. The molecule has 1 saturated heterocycles. The van der Waals surface area contributed by atoms with Gasteiger partial charge in [0.15, 0.2) is 0 Å². The lowest BCUT2D eigenvalue weighted by Gasteiger charge is -2.24. The minimum atomic E-state index is -0.651. The fourth-order valence-corrected chi connectivity index (χ4v) is 5.71. The molecule has 0 bridgehead atoms. The Kier molecular flexibility index (Phi) is 7.30. The van der Waals surface area contributed by atoms with Gasteiger partial charge in [0.2, 0.25) is 0 Å². The van der Waals surface area contributed by atoms with Gasteiger partial charge in [-0.15, -0.1) is 22.7 Å². The summed E-state index contributed by atoms with van der Waals surface area (Å²) in [5.41, 5.74) is 1.62. The standard InChI is InChI=1S/C26H27NO4S2/c1-3-4-5-13-31-19-10-8-18(9-11-19)23(28)21-22(25-17(2)12-15-33-25)27(26(30)24(21)29)16-20-7-6-14-32-20/h6-12,14-15,22,28H,3-5,13,16H2,1-2H3/b23-21-. The second-order valence-corrected chi connectivity index (χ2v) is 10.0. The second-order valence-electron chi connectivity index (χ2n) is 8.05. The Balaban J connectivity index is 1.68. The maximum absolute atomic E-state index is 13.1. The number of hydrogen-bond acceptors (Lipinski definition) is 6. The smallest absolute Gasteiger partial charge is 0.296 e. The number of aliphatic hydroxyl groups excluding tert-OH is 1. The molecule has 1 amide bonds. The summed E-state index contributed by atoms with van der Waals surface area (Å²) in [6.45, 7) is 5.07. The molecule has 172 valence electrons. The molecule has 4 rings (SSSR count). The van der Waals surface area contributed by atoms with E-state index in [0.29, 0.717) is 24.5 Å². The molecule has 1 unspecified atom stereocenters. The lowest BCUT2D eigenvalue weighted by molar-refractivity contribution is -0.140. The highest BCUT2D eigenvalue weighted by Gasteiger charge is 2.47. The van der Waals surface area contributed by atoms with E-state index in [0.717, 1.165) is 34.6 Å². The van der Waals surface area contributed by atoms with Crippen LogP contribution >= 0.6 is 22.7 Å². The van der Waals surface area contributed by atoms with Crippen molar-refractivity contribution in [3.63, 3.8) is 0 Å². The number of rotatable bonds is 9. The lowest BCUT2D eigenvalue weighted by Crippen LogP contribution is -2.28. The summed E-state index contributed by atoms with van der Waals surface area (Å²) >= 11 is 3.03. The molecule has 1 aliphatic heterocycles. The number of carbonyl (C=O) groups excluding carboxylic acids is 2. The number of carbonyl (C=O) groups is 2. The zero-order valence-corrected chi connectivity index (χ0v) is 20.4. The van der Waals surface area contributed by atoms with Gasteiger partial charge in [-0.2, -0.15) is 0 Å². The van der Waals surface area contributed by atoms with Crippen molar-refractivity contribution in [2.24, 2.45) is 0 Å². The number of amides is 1. The Labute approximate surface area is 202 Å². The molecule has 0 radical (unpaired) electrons. The van der Waals surface area contributed by atoms with E-state index in [1.165, 1.54) is 22.7 Å². The Morgan fingerprint density at radius 2 is 1.85 bits per heavy atom. The third-order valence-electron chi connectivity index (χ3n) is 5.74. The summed E-state index contributed by atoms with van der Waals surface area (Å²) in [5.74, 6) is -0.677. The Hall–Kier alpha value is -2.90. The zero-order chi connectivity index (χ0) is 23.4. The molecular formula is C26H27NO4S2. The first-order valence-electron chi connectivity index (χ1n) is 11.1. The third kappa shape index (κ3) is 4.89. The number of ether oxygens (including phenoxy) is 1. The minimum Gasteiger partial charge on any atom is -0.507 e. The fraction of sp³-hybridized carbons (Fsp3) is 0.308. The summed E-state index contributed by atoms with van der Waals surface area (Å²) in [6.07, 6.45) is 3.24. The number of nitrogens with zero attached hydrogens (tertiary/aromatic N) is 1. The second kappa shape index (κ2) is 10.4. The topological polar surface area (TPSA) is 66.8 Å². The van der Waals surface area contributed by atoms with Gasteiger partial charge in [-0.1, -0.05) is 25.8 Å². The van der Waals surface area contributed by atoms with Crippen molar-refractivity contribution >= 4 is 40.1 Å². The molecule has 0 saturated carbocycles. The van der Waals surface area contributed by atoms with E-state index in [4.69, 9.17) is 4.74 Å². The molecular weight excluding hydrogens is 454 g/mol. The van der Waals surface area contributed by atoms with Gasteiger partial charge in [0.1, 0.15) is 17.6 Å². The SMILES string of the molecule is CCCCCOc1ccc(/C(O)=C2/C(=O)C(=O)N(Cc3cccs3)C2c2sccc2C)cc1. The summed E-state index contributed by atoms with van der Waals surface area (Å²) in [5, 5.41) is 15.1. The highest BCUT2D eigenvalue weighted by atomic mass is 32.1. The van der Waals surface area contributed by atoms with E-state index >= 15 is 0 Å². The molecule has 1 aromatic carbocycles. The molecule has 0 spiro atoms. The van der Waals surface area contributed by atoms with Crippen molar-refractivity contribution < 1.29 is 19.4 Å². The summed E-state index contributed by atoms with van der Waals surface area (Å²) in [6, 6.07) is 12.3. The highest BCUT2D eigenvalue weighted by molar-refractivity contribution is 7.10. The number of benzene rings is 1. The van der Waals surface area contributed by atoms with Crippen molar-refractivity contribution in [2.45, 2.75) is 45.7 Å². The zero-order valence-electron chi connectivity index (χ0n) is 18.7. The van der Waals surface area contributed by atoms with Crippen LogP contribution in [0, 0.1) is 6.92 Å². The Morgan fingerprint density at radius 3 is 2.48 bits per heavy atom. The number of ketones is 1. The first-order valence-corrected chi connectivity index (χ1v) is 12.8. The fourth-order valence-electron chi connectivity index (χ4n) is 3.96. The van der Waals surface area contributed by atoms with Crippen LogP contribution in [-0.2, 0) is 16.1 Å². The first kappa shape index (κ1) is 23.3. The first-order chi connectivity index (χ1) is 16.0. The van der Waals surface area contributed by atoms with Gasteiger partial charge in [0, 0.05) is 15.3 Å². The lowest BCUT2D eigenvalue weighted by atomic mass is 9.98. The van der Waals surface area contributed by atoms with Gasteiger partial charge in [-0.05, 0) is 66.1 Å². The van der Waals surface area contributed by atoms with Crippen LogP contribution < -0.4 is 4.74 Å². The third-order valence-corrected chi connectivity index (χ3v) is 7.67. The number of aliphatic hydroxyl groups is 1. The number of thiophene rings is 2. The normalized spacial score (nSPS) is 17.6. The van der Waals surface area contributed by atoms with Crippen LogP contribution in [0.4, 0.5) is 0 Å². The average Bonchev–Trinajstić information content (AvgIpc) is 3.54. The largest absolute Gasteiger partial charge is 0.507 e. The molecule has 1 atom stereocenters. The highest BCUT2D eigenvalue weighted by Crippen LogP contribution is 2.43. The van der Waals surface area contributed by atoms with Gasteiger partial charge in [-0.25, -0.2) is 0 Å². The average molecular weight is 482 g/mol. The van der Waals surface area contributed by atoms with E-state index in [2.05, 4.69) is 6.92 Å². The summed E-state index contributed by atoms with van der Waals surface area (Å²) in [4.78, 5) is 29.6.